The first-order chi connectivity index (χ1) is 22.8. The van der Waals surface area contributed by atoms with Gasteiger partial charge in [0.2, 0.25) is 0 Å². The molecule has 0 unspecified atom stereocenters. The third kappa shape index (κ3) is 3.27. The molecule has 46 heavy (non-hydrogen) atoms. The maximum Gasteiger partial charge on any atom is 0.160 e. The molecule has 1 aromatic heterocycles. The molecule has 0 atom stereocenters. The Kier molecular flexibility index (Phi) is 5.04. The molecular formula is C44H34N2. The molecular weight excluding hydrogens is 556 g/mol. The Morgan fingerprint density at radius 2 is 1.15 bits per heavy atom. The van der Waals surface area contributed by atoms with E-state index in [-0.39, 0.29) is 5.41 Å². The summed E-state index contributed by atoms with van der Waals surface area (Å²) in [6.45, 7) is 0. The van der Waals surface area contributed by atoms with Crippen LogP contribution < -0.4 is 0 Å². The number of hydrogen-bond donors (Lipinski definition) is 0. The Bertz CT molecular complexity index is 2370. The van der Waals surface area contributed by atoms with E-state index in [1.54, 1.807) is 11.1 Å². The summed E-state index contributed by atoms with van der Waals surface area (Å²) in [5, 5.41) is 6.26. The molecule has 4 saturated carbocycles. The van der Waals surface area contributed by atoms with Crippen LogP contribution in [0.1, 0.15) is 43.2 Å². The van der Waals surface area contributed by atoms with Gasteiger partial charge >= 0.3 is 0 Å². The van der Waals surface area contributed by atoms with Crippen molar-refractivity contribution in [2.75, 3.05) is 0 Å². The van der Waals surface area contributed by atoms with E-state index in [2.05, 4.69) is 121 Å². The summed E-state index contributed by atoms with van der Waals surface area (Å²) in [7, 11) is 0. The van der Waals surface area contributed by atoms with E-state index >= 15 is 0 Å². The number of rotatable bonds is 2. The lowest BCUT2D eigenvalue weighted by Crippen LogP contribution is -2.55. The van der Waals surface area contributed by atoms with Gasteiger partial charge in [-0.3, -0.25) is 0 Å². The highest BCUT2D eigenvalue weighted by atomic mass is 14.9. The van der Waals surface area contributed by atoms with Crippen molar-refractivity contribution in [2.45, 2.75) is 37.5 Å². The van der Waals surface area contributed by atoms with Crippen molar-refractivity contribution < 1.29 is 0 Å². The number of hydrogen-bond acceptors (Lipinski definition) is 2. The minimum absolute atomic E-state index is 0.138. The average molecular weight is 591 g/mol. The number of benzene rings is 6. The molecule has 1 spiro atoms. The van der Waals surface area contributed by atoms with Crippen LogP contribution in [0, 0.1) is 23.7 Å². The van der Waals surface area contributed by atoms with Crippen molar-refractivity contribution in [3.63, 3.8) is 0 Å². The predicted octanol–water partition coefficient (Wildman–Crippen LogP) is 11.0. The van der Waals surface area contributed by atoms with Gasteiger partial charge in [-0.2, -0.15) is 0 Å². The van der Waals surface area contributed by atoms with Crippen LogP contribution in [-0.2, 0) is 5.41 Å². The fourth-order valence-electron chi connectivity index (χ4n) is 11.0. The molecule has 4 fully saturated rings. The molecule has 0 aliphatic heterocycles. The van der Waals surface area contributed by atoms with E-state index in [9.17, 15) is 0 Å². The van der Waals surface area contributed by atoms with Gasteiger partial charge in [-0.05, 0) is 112 Å². The van der Waals surface area contributed by atoms with Gasteiger partial charge in [-0.15, -0.1) is 0 Å². The van der Waals surface area contributed by atoms with Gasteiger partial charge in [-0.1, -0.05) is 109 Å². The lowest BCUT2D eigenvalue weighted by Gasteiger charge is -2.61. The summed E-state index contributed by atoms with van der Waals surface area (Å²) < 4.78 is 0. The molecule has 0 saturated heterocycles. The second kappa shape index (κ2) is 9.13. The van der Waals surface area contributed by atoms with Crippen LogP contribution in [-0.4, -0.2) is 9.97 Å². The summed E-state index contributed by atoms with van der Waals surface area (Å²) in [4.78, 5) is 10.6. The van der Waals surface area contributed by atoms with Crippen molar-refractivity contribution in [1.29, 1.82) is 0 Å². The van der Waals surface area contributed by atoms with Crippen molar-refractivity contribution in [3.8, 4) is 33.8 Å². The Labute approximate surface area is 269 Å². The molecule has 220 valence electrons. The quantitative estimate of drug-likeness (QED) is 0.200. The van der Waals surface area contributed by atoms with E-state index in [4.69, 9.17) is 9.97 Å². The standard InChI is InChI=1S/C44H34N2/c1-3-11-33-28(8-1)10-7-14-35(33)42-36-13-5-6-15-40(36)45-43(46-42)30-17-18-38-37(25-30)41-34-12-4-2-9-29(34)16-19-39(41)44(38)31-21-26-20-27(23-31)24-32(44)22-26/h1-19,25-27,31-32H,20-24H2. The zero-order chi connectivity index (χ0) is 30.0. The average Bonchev–Trinajstić information content (AvgIpc) is 3.40. The molecule has 12 rings (SSSR count). The Balaban J connectivity index is 1.17. The third-order valence-corrected chi connectivity index (χ3v) is 12.4. The first kappa shape index (κ1) is 25.4. The number of para-hydroxylation sites is 1. The molecule has 6 aromatic carbocycles. The molecule has 5 aliphatic rings. The van der Waals surface area contributed by atoms with Crippen molar-refractivity contribution in [3.05, 3.63) is 132 Å². The lowest BCUT2D eigenvalue weighted by atomic mass is 9.43. The molecule has 0 N–H and O–H groups in total. The van der Waals surface area contributed by atoms with E-state index in [0.717, 1.165) is 57.2 Å². The zero-order valence-electron chi connectivity index (χ0n) is 25.8. The Morgan fingerprint density at radius 1 is 0.500 bits per heavy atom. The molecule has 2 nitrogen and oxygen atoms in total. The molecule has 5 aliphatic carbocycles. The van der Waals surface area contributed by atoms with Crippen LogP contribution in [0.5, 0.6) is 0 Å². The van der Waals surface area contributed by atoms with Gasteiger partial charge in [0.1, 0.15) is 0 Å². The SMILES string of the molecule is c1ccc2c(-c3nc(-c4ccc5c(c4)-c4c(ccc6ccccc46)C54C5CC6CC(C5)CC4C6)nc4ccccc34)cccc2c1. The minimum Gasteiger partial charge on any atom is -0.228 e. The van der Waals surface area contributed by atoms with Gasteiger partial charge in [0.25, 0.3) is 0 Å². The second-order valence-corrected chi connectivity index (χ2v) is 14.6. The topological polar surface area (TPSA) is 25.8 Å². The number of aromatic nitrogens is 2. The van der Waals surface area contributed by atoms with Crippen LogP contribution in [0.2, 0.25) is 0 Å². The Morgan fingerprint density at radius 3 is 1.96 bits per heavy atom. The van der Waals surface area contributed by atoms with Crippen molar-refractivity contribution >= 4 is 32.4 Å². The molecule has 1 heterocycles. The first-order valence-corrected chi connectivity index (χ1v) is 17.2. The van der Waals surface area contributed by atoms with Crippen LogP contribution in [0.4, 0.5) is 0 Å². The fraction of sp³-hybridized carbons (Fsp3) is 0.227. The van der Waals surface area contributed by atoms with E-state index in [0.29, 0.717) is 0 Å². The summed E-state index contributed by atoms with van der Waals surface area (Å²) in [6, 6.07) is 44.9. The highest BCUT2D eigenvalue weighted by Crippen LogP contribution is 2.70. The van der Waals surface area contributed by atoms with E-state index in [1.807, 2.05) is 0 Å². The summed E-state index contributed by atoms with van der Waals surface area (Å²) in [6.07, 6.45) is 7.04. The highest BCUT2D eigenvalue weighted by Gasteiger charge is 2.61. The maximum absolute atomic E-state index is 5.40. The minimum atomic E-state index is 0.138. The summed E-state index contributed by atoms with van der Waals surface area (Å²) in [5.74, 6) is 4.14. The molecule has 2 heteroatoms. The Hall–Kier alpha value is -4.82. The van der Waals surface area contributed by atoms with Gasteiger partial charge < -0.3 is 0 Å². The van der Waals surface area contributed by atoms with Crippen molar-refractivity contribution in [2.24, 2.45) is 23.7 Å². The van der Waals surface area contributed by atoms with Crippen LogP contribution in [0.3, 0.4) is 0 Å². The number of fused-ring (bicyclic) bond motifs is 7. The van der Waals surface area contributed by atoms with Gasteiger partial charge in [-0.25, -0.2) is 9.97 Å². The number of nitrogens with zero attached hydrogens (tertiary/aromatic N) is 2. The van der Waals surface area contributed by atoms with Gasteiger partial charge in [0.05, 0.1) is 11.2 Å². The second-order valence-electron chi connectivity index (χ2n) is 14.6. The van der Waals surface area contributed by atoms with E-state index in [1.165, 1.54) is 64.8 Å². The lowest BCUT2D eigenvalue weighted by molar-refractivity contribution is -0.0399. The molecule has 7 aromatic rings. The van der Waals surface area contributed by atoms with Crippen LogP contribution in [0.25, 0.3) is 66.2 Å². The molecule has 0 amide bonds. The molecule has 0 radical (unpaired) electrons. The van der Waals surface area contributed by atoms with Gasteiger partial charge in [0, 0.05) is 21.9 Å². The summed E-state index contributed by atoms with van der Waals surface area (Å²) in [5.41, 5.74) is 10.4. The highest BCUT2D eigenvalue weighted by molar-refractivity contribution is 6.05. The smallest absolute Gasteiger partial charge is 0.160 e. The van der Waals surface area contributed by atoms with Crippen LogP contribution in [0.15, 0.2) is 121 Å². The largest absolute Gasteiger partial charge is 0.228 e. The zero-order valence-corrected chi connectivity index (χ0v) is 25.8. The van der Waals surface area contributed by atoms with Crippen LogP contribution >= 0.6 is 0 Å². The summed E-state index contributed by atoms with van der Waals surface area (Å²) >= 11 is 0. The monoisotopic (exact) mass is 590 g/mol. The third-order valence-electron chi connectivity index (χ3n) is 12.4. The predicted molar refractivity (Wildman–Crippen MR) is 189 cm³/mol. The van der Waals surface area contributed by atoms with Crippen molar-refractivity contribution in [1.82, 2.24) is 9.97 Å². The maximum atomic E-state index is 5.40. The fourth-order valence-corrected chi connectivity index (χ4v) is 11.0. The molecule has 4 bridgehead atoms. The van der Waals surface area contributed by atoms with E-state index < -0.39 is 0 Å². The van der Waals surface area contributed by atoms with Gasteiger partial charge in [0.15, 0.2) is 5.82 Å². The first-order valence-electron chi connectivity index (χ1n) is 17.2. The normalized spacial score (nSPS) is 25.5.